The summed E-state index contributed by atoms with van der Waals surface area (Å²) in [6.07, 6.45) is -0.677. The van der Waals surface area contributed by atoms with Gasteiger partial charge in [0.15, 0.2) is 0 Å². The van der Waals surface area contributed by atoms with E-state index in [9.17, 15) is 4.79 Å². The fraction of sp³-hybridized carbons (Fsp3) is 0.0769. The summed E-state index contributed by atoms with van der Waals surface area (Å²) in [5, 5.41) is 8.65. The Morgan fingerprint density at radius 1 is 1.32 bits per heavy atom. The van der Waals surface area contributed by atoms with Crippen LogP contribution in [0.2, 0.25) is 5.02 Å². The lowest BCUT2D eigenvalue weighted by atomic mass is 10.3. The zero-order valence-electron chi connectivity index (χ0n) is 10.1. The van der Waals surface area contributed by atoms with Crippen molar-refractivity contribution in [2.75, 3.05) is 5.32 Å². The summed E-state index contributed by atoms with van der Waals surface area (Å²) >= 11 is 7.43. The SMILES string of the molecule is C/C(=N/OC(=O)Nc1ccccc1Cl)c1cccs1. The summed E-state index contributed by atoms with van der Waals surface area (Å²) in [7, 11) is 0. The van der Waals surface area contributed by atoms with Gasteiger partial charge in [0.1, 0.15) is 0 Å². The third-order valence-electron chi connectivity index (χ3n) is 2.25. The highest BCUT2D eigenvalue weighted by molar-refractivity contribution is 7.12. The Morgan fingerprint density at radius 3 is 2.79 bits per heavy atom. The van der Waals surface area contributed by atoms with Crippen molar-refractivity contribution in [3.8, 4) is 0 Å². The number of benzene rings is 1. The van der Waals surface area contributed by atoms with Gasteiger partial charge in [0, 0.05) is 0 Å². The molecule has 0 radical (unpaired) electrons. The third kappa shape index (κ3) is 3.81. The molecule has 0 atom stereocenters. The first-order chi connectivity index (χ1) is 9.16. The average molecular weight is 295 g/mol. The van der Waals surface area contributed by atoms with E-state index >= 15 is 0 Å². The highest BCUT2D eigenvalue weighted by Gasteiger charge is 2.06. The van der Waals surface area contributed by atoms with Crippen molar-refractivity contribution >= 4 is 40.4 Å². The molecule has 2 rings (SSSR count). The summed E-state index contributed by atoms with van der Waals surface area (Å²) in [5.41, 5.74) is 1.13. The second-order valence-electron chi connectivity index (χ2n) is 3.64. The van der Waals surface area contributed by atoms with Crippen LogP contribution in [0.25, 0.3) is 0 Å². The van der Waals surface area contributed by atoms with E-state index in [1.807, 2.05) is 17.5 Å². The molecule has 6 heteroatoms. The Hall–Kier alpha value is -1.85. The van der Waals surface area contributed by atoms with Crippen molar-refractivity contribution in [2.45, 2.75) is 6.92 Å². The molecule has 0 fully saturated rings. The maximum absolute atomic E-state index is 11.5. The van der Waals surface area contributed by atoms with Crippen LogP contribution in [0.4, 0.5) is 10.5 Å². The van der Waals surface area contributed by atoms with E-state index in [1.165, 1.54) is 11.3 Å². The first-order valence-corrected chi connectivity index (χ1v) is 6.73. The molecule has 19 heavy (non-hydrogen) atoms. The maximum Gasteiger partial charge on any atom is 0.437 e. The molecule has 1 aromatic heterocycles. The van der Waals surface area contributed by atoms with Crippen LogP contribution in [0.3, 0.4) is 0 Å². The van der Waals surface area contributed by atoms with E-state index < -0.39 is 6.09 Å². The Labute approximate surface area is 119 Å². The highest BCUT2D eigenvalue weighted by Crippen LogP contribution is 2.20. The van der Waals surface area contributed by atoms with Gasteiger partial charge in [-0.05, 0) is 30.5 Å². The molecule has 0 saturated carbocycles. The fourth-order valence-electron chi connectivity index (χ4n) is 1.33. The zero-order chi connectivity index (χ0) is 13.7. The summed E-state index contributed by atoms with van der Waals surface area (Å²) in [6, 6.07) is 10.7. The largest absolute Gasteiger partial charge is 0.437 e. The summed E-state index contributed by atoms with van der Waals surface area (Å²) < 4.78 is 0. The second-order valence-corrected chi connectivity index (χ2v) is 4.99. The molecule has 0 bridgehead atoms. The van der Waals surface area contributed by atoms with Crippen molar-refractivity contribution in [3.63, 3.8) is 0 Å². The van der Waals surface area contributed by atoms with Crippen molar-refractivity contribution in [2.24, 2.45) is 5.16 Å². The lowest BCUT2D eigenvalue weighted by Gasteiger charge is -2.04. The molecule has 1 N–H and O–H groups in total. The number of halogens is 1. The number of hydrogen-bond acceptors (Lipinski definition) is 4. The smallest absolute Gasteiger partial charge is 0.297 e. The van der Waals surface area contributed by atoms with Crippen molar-refractivity contribution < 1.29 is 9.63 Å². The number of rotatable bonds is 3. The molecule has 0 unspecified atom stereocenters. The number of nitrogens with one attached hydrogen (secondary N) is 1. The number of anilines is 1. The van der Waals surface area contributed by atoms with Crippen molar-refractivity contribution in [3.05, 3.63) is 51.7 Å². The average Bonchev–Trinajstić information content (AvgIpc) is 2.93. The van der Waals surface area contributed by atoms with Crippen LogP contribution < -0.4 is 5.32 Å². The molecule has 0 aliphatic carbocycles. The van der Waals surface area contributed by atoms with Gasteiger partial charge in [-0.2, -0.15) is 0 Å². The predicted molar refractivity (Wildman–Crippen MR) is 78.1 cm³/mol. The quantitative estimate of drug-likeness (QED) is 0.519. The number of amides is 1. The van der Waals surface area contributed by atoms with E-state index in [1.54, 1.807) is 31.2 Å². The molecular weight excluding hydrogens is 284 g/mol. The molecule has 0 spiro atoms. The number of oxime groups is 1. The van der Waals surface area contributed by atoms with Gasteiger partial charge >= 0.3 is 6.09 Å². The maximum atomic E-state index is 11.5. The van der Waals surface area contributed by atoms with Gasteiger partial charge in [0.05, 0.1) is 21.3 Å². The summed E-state index contributed by atoms with van der Waals surface area (Å²) in [6.45, 7) is 1.77. The molecule has 1 aromatic carbocycles. The van der Waals surface area contributed by atoms with Crippen molar-refractivity contribution in [1.82, 2.24) is 0 Å². The minimum Gasteiger partial charge on any atom is -0.297 e. The third-order valence-corrected chi connectivity index (χ3v) is 3.56. The molecule has 2 aromatic rings. The molecule has 4 nitrogen and oxygen atoms in total. The van der Waals surface area contributed by atoms with Gasteiger partial charge in [0.25, 0.3) is 0 Å². The molecule has 98 valence electrons. The minimum atomic E-state index is -0.677. The number of carbonyl (C=O) groups excluding carboxylic acids is 1. The predicted octanol–water partition coefficient (Wildman–Crippen LogP) is 4.37. The Kier molecular flexibility index (Phi) is 4.54. The number of para-hydroxylation sites is 1. The van der Waals surface area contributed by atoms with Crippen LogP contribution in [0.15, 0.2) is 46.9 Å². The first kappa shape index (κ1) is 13.6. The van der Waals surface area contributed by atoms with E-state index in [2.05, 4.69) is 10.5 Å². The van der Waals surface area contributed by atoms with E-state index in [0.717, 1.165) is 4.88 Å². The van der Waals surface area contributed by atoms with Crippen LogP contribution in [0.5, 0.6) is 0 Å². The van der Waals surface area contributed by atoms with Crippen LogP contribution >= 0.6 is 22.9 Å². The molecule has 1 amide bonds. The van der Waals surface area contributed by atoms with Crippen LogP contribution in [0, 0.1) is 0 Å². The van der Waals surface area contributed by atoms with Crippen molar-refractivity contribution in [1.29, 1.82) is 0 Å². The molecule has 0 aliphatic rings. The van der Waals surface area contributed by atoms with Gasteiger partial charge in [-0.15, -0.1) is 11.3 Å². The first-order valence-electron chi connectivity index (χ1n) is 5.48. The lowest BCUT2D eigenvalue weighted by Crippen LogP contribution is -2.12. The zero-order valence-corrected chi connectivity index (χ0v) is 11.7. The topological polar surface area (TPSA) is 50.7 Å². The lowest BCUT2D eigenvalue weighted by molar-refractivity contribution is 0.166. The van der Waals surface area contributed by atoms with Gasteiger partial charge in [0.2, 0.25) is 0 Å². The Morgan fingerprint density at radius 2 is 2.11 bits per heavy atom. The molecular formula is C13H11ClN2O2S. The van der Waals surface area contributed by atoms with Crippen LogP contribution in [-0.2, 0) is 4.84 Å². The van der Waals surface area contributed by atoms with Gasteiger partial charge in [-0.3, -0.25) is 10.2 Å². The van der Waals surface area contributed by atoms with Gasteiger partial charge in [-0.25, -0.2) is 4.79 Å². The summed E-state index contributed by atoms with van der Waals surface area (Å²) in [4.78, 5) is 17.3. The molecule has 0 aliphatic heterocycles. The van der Waals surface area contributed by atoms with Crippen LogP contribution in [0.1, 0.15) is 11.8 Å². The van der Waals surface area contributed by atoms with E-state index in [0.29, 0.717) is 16.4 Å². The van der Waals surface area contributed by atoms with E-state index in [4.69, 9.17) is 16.4 Å². The second kappa shape index (κ2) is 6.36. The molecule has 0 saturated heterocycles. The fourth-order valence-corrected chi connectivity index (χ4v) is 2.19. The normalized spacial score (nSPS) is 11.2. The standard InChI is InChI=1S/C13H11ClN2O2S/c1-9(12-7-4-8-19-12)16-18-13(17)15-11-6-3-2-5-10(11)14/h2-8H,1H3,(H,15,17)/b16-9-. The van der Waals surface area contributed by atoms with Gasteiger partial charge < -0.3 is 0 Å². The van der Waals surface area contributed by atoms with Gasteiger partial charge in [-0.1, -0.05) is 35.0 Å². The molecule has 1 heterocycles. The number of thiophene rings is 1. The number of carbonyl (C=O) groups is 1. The van der Waals surface area contributed by atoms with E-state index in [-0.39, 0.29) is 0 Å². The Bertz CT molecular complexity index is 596. The highest BCUT2D eigenvalue weighted by atomic mass is 35.5. The summed E-state index contributed by atoms with van der Waals surface area (Å²) in [5.74, 6) is 0. The Balaban J connectivity index is 1.96. The number of hydrogen-bond donors (Lipinski definition) is 1. The minimum absolute atomic E-state index is 0.443. The van der Waals surface area contributed by atoms with Crippen LogP contribution in [-0.4, -0.2) is 11.8 Å². The monoisotopic (exact) mass is 294 g/mol. The number of nitrogens with zero attached hydrogens (tertiary/aromatic N) is 1.